The van der Waals surface area contributed by atoms with Crippen molar-refractivity contribution >= 4 is 10.9 Å². The number of ether oxygens (including phenoxy) is 1. The first kappa shape index (κ1) is 16.3. The van der Waals surface area contributed by atoms with E-state index in [9.17, 15) is 4.79 Å². The SMILES string of the molecule is COc1nc(CC(C)C)c(=O)n(C)c1Cc1c[nH]c2ccccc12. The van der Waals surface area contributed by atoms with Crippen LogP contribution in [0.4, 0.5) is 0 Å². The van der Waals surface area contributed by atoms with Crippen molar-refractivity contribution < 1.29 is 4.74 Å². The van der Waals surface area contributed by atoms with Crippen LogP contribution in [0, 0.1) is 5.92 Å². The standard InChI is InChI=1S/C19H23N3O2/c1-12(2)9-16-19(23)22(3)17(18(21-16)24-4)10-13-11-20-15-8-6-5-7-14(13)15/h5-8,11-12,20H,9-10H2,1-4H3. The number of methoxy groups -OCH3 is 1. The van der Waals surface area contributed by atoms with E-state index in [1.165, 1.54) is 0 Å². The molecule has 0 aliphatic heterocycles. The molecular formula is C19H23N3O2. The smallest absolute Gasteiger partial charge is 0.272 e. The summed E-state index contributed by atoms with van der Waals surface area (Å²) in [6, 6.07) is 8.13. The number of rotatable bonds is 5. The van der Waals surface area contributed by atoms with Gasteiger partial charge in [-0.15, -0.1) is 0 Å². The highest BCUT2D eigenvalue weighted by molar-refractivity contribution is 5.83. The zero-order chi connectivity index (χ0) is 17.3. The monoisotopic (exact) mass is 325 g/mol. The van der Waals surface area contributed by atoms with Crippen LogP contribution >= 0.6 is 0 Å². The molecule has 0 saturated heterocycles. The van der Waals surface area contributed by atoms with Crippen LogP contribution in [-0.2, 0) is 19.9 Å². The number of hydrogen-bond donors (Lipinski definition) is 1. The predicted molar refractivity (Wildman–Crippen MR) is 95.7 cm³/mol. The number of nitrogens with zero attached hydrogens (tertiary/aromatic N) is 2. The van der Waals surface area contributed by atoms with Crippen molar-refractivity contribution in [3.05, 3.63) is 57.8 Å². The Labute approximate surface area is 141 Å². The summed E-state index contributed by atoms with van der Waals surface area (Å²) in [5, 5.41) is 1.15. The van der Waals surface area contributed by atoms with Crippen molar-refractivity contribution in [2.75, 3.05) is 7.11 Å². The van der Waals surface area contributed by atoms with Crippen molar-refractivity contribution in [2.45, 2.75) is 26.7 Å². The van der Waals surface area contributed by atoms with Crippen LogP contribution in [0.3, 0.4) is 0 Å². The highest BCUT2D eigenvalue weighted by Crippen LogP contribution is 2.24. The van der Waals surface area contributed by atoms with Crippen molar-refractivity contribution in [1.29, 1.82) is 0 Å². The van der Waals surface area contributed by atoms with Crippen molar-refractivity contribution in [2.24, 2.45) is 13.0 Å². The molecule has 0 aliphatic rings. The quantitative estimate of drug-likeness (QED) is 0.784. The molecule has 0 spiro atoms. The second-order valence-electron chi connectivity index (χ2n) is 6.51. The van der Waals surface area contributed by atoms with Crippen LogP contribution in [-0.4, -0.2) is 21.6 Å². The second-order valence-corrected chi connectivity index (χ2v) is 6.51. The zero-order valence-electron chi connectivity index (χ0n) is 14.6. The lowest BCUT2D eigenvalue weighted by atomic mass is 10.1. The minimum absolute atomic E-state index is 0.0423. The van der Waals surface area contributed by atoms with E-state index in [4.69, 9.17) is 4.74 Å². The van der Waals surface area contributed by atoms with Gasteiger partial charge < -0.3 is 14.3 Å². The fourth-order valence-corrected chi connectivity index (χ4v) is 3.03. The summed E-state index contributed by atoms with van der Waals surface area (Å²) in [6.45, 7) is 4.15. The van der Waals surface area contributed by atoms with E-state index in [-0.39, 0.29) is 5.56 Å². The molecule has 5 nitrogen and oxygen atoms in total. The van der Waals surface area contributed by atoms with Gasteiger partial charge in [-0.1, -0.05) is 32.0 Å². The van der Waals surface area contributed by atoms with Gasteiger partial charge in [0.25, 0.3) is 5.56 Å². The number of benzene rings is 1. The molecule has 0 fully saturated rings. The Morgan fingerprint density at radius 3 is 2.75 bits per heavy atom. The highest BCUT2D eigenvalue weighted by atomic mass is 16.5. The Morgan fingerprint density at radius 1 is 1.29 bits per heavy atom. The number of nitrogens with one attached hydrogen (secondary N) is 1. The molecule has 0 radical (unpaired) electrons. The fraction of sp³-hybridized carbons (Fsp3) is 0.368. The normalized spacial score (nSPS) is 11.4. The van der Waals surface area contributed by atoms with Gasteiger partial charge in [-0.3, -0.25) is 4.79 Å². The lowest BCUT2D eigenvalue weighted by molar-refractivity contribution is 0.381. The zero-order valence-corrected chi connectivity index (χ0v) is 14.6. The van der Waals surface area contributed by atoms with E-state index in [0.29, 0.717) is 30.3 Å². The van der Waals surface area contributed by atoms with Gasteiger partial charge in [0.15, 0.2) is 0 Å². The molecule has 2 heterocycles. The third kappa shape index (κ3) is 2.94. The lowest BCUT2D eigenvalue weighted by Crippen LogP contribution is -2.27. The molecule has 24 heavy (non-hydrogen) atoms. The number of hydrogen-bond acceptors (Lipinski definition) is 3. The Bertz CT molecular complexity index is 922. The molecule has 5 heteroatoms. The van der Waals surface area contributed by atoms with E-state index in [2.05, 4.69) is 29.9 Å². The molecule has 3 rings (SSSR count). The van der Waals surface area contributed by atoms with Gasteiger partial charge in [0, 0.05) is 30.6 Å². The van der Waals surface area contributed by atoms with E-state index in [0.717, 1.165) is 22.2 Å². The minimum Gasteiger partial charge on any atom is -0.480 e. The maximum absolute atomic E-state index is 12.6. The first-order valence-electron chi connectivity index (χ1n) is 8.19. The number of aromatic nitrogens is 3. The second kappa shape index (κ2) is 6.51. The van der Waals surface area contributed by atoms with Crippen LogP contribution in [0.1, 0.15) is 30.8 Å². The largest absolute Gasteiger partial charge is 0.480 e. The van der Waals surface area contributed by atoms with Crippen LogP contribution in [0.5, 0.6) is 5.88 Å². The molecule has 0 aliphatic carbocycles. The van der Waals surface area contributed by atoms with Crippen molar-refractivity contribution in [3.63, 3.8) is 0 Å². The van der Waals surface area contributed by atoms with Gasteiger partial charge >= 0.3 is 0 Å². The molecule has 0 amide bonds. The summed E-state index contributed by atoms with van der Waals surface area (Å²) in [7, 11) is 3.39. The van der Waals surface area contributed by atoms with Crippen LogP contribution in [0.15, 0.2) is 35.3 Å². The summed E-state index contributed by atoms with van der Waals surface area (Å²) < 4.78 is 7.16. The summed E-state index contributed by atoms with van der Waals surface area (Å²) in [4.78, 5) is 20.4. The maximum atomic E-state index is 12.6. The minimum atomic E-state index is -0.0423. The highest BCUT2D eigenvalue weighted by Gasteiger charge is 2.17. The topological polar surface area (TPSA) is 59.9 Å². The van der Waals surface area contributed by atoms with Gasteiger partial charge in [-0.25, -0.2) is 4.98 Å². The number of H-pyrrole nitrogens is 1. The van der Waals surface area contributed by atoms with E-state index >= 15 is 0 Å². The molecule has 0 atom stereocenters. The van der Waals surface area contributed by atoms with Crippen molar-refractivity contribution in [1.82, 2.24) is 14.5 Å². The molecule has 0 unspecified atom stereocenters. The summed E-state index contributed by atoms with van der Waals surface area (Å²) in [5.74, 6) is 0.896. The Morgan fingerprint density at radius 2 is 2.04 bits per heavy atom. The van der Waals surface area contributed by atoms with Gasteiger partial charge in [0.05, 0.1) is 12.8 Å². The van der Waals surface area contributed by atoms with Crippen molar-refractivity contribution in [3.8, 4) is 5.88 Å². The summed E-state index contributed by atoms with van der Waals surface area (Å²) in [6.07, 6.45) is 3.22. The first-order chi connectivity index (χ1) is 11.5. The summed E-state index contributed by atoms with van der Waals surface area (Å²) >= 11 is 0. The molecule has 2 aromatic heterocycles. The molecule has 3 aromatic rings. The average molecular weight is 325 g/mol. The predicted octanol–water partition coefficient (Wildman–Crippen LogP) is 3.06. The molecule has 1 aromatic carbocycles. The van der Waals surface area contributed by atoms with Crippen LogP contribution in [0.25, 0.3) is 10.9 Å². The van der Waals surface area contributed by atoms with Gasteiger partial charge in [-0.2, -0.15) is 0 Å². The molecule has 0 saturated carbocycles. The molecule has 0 bridgehead atoms. The number of para-hydroxylation sites is 1. The number of aromatic amines is 1. The Hall–Kier alpha value is -2.56. The molecule has 1 N–H and O–H groups in total. The first-order valence-corrected chi connectivity index (χ1v) is 8.19. The third-order valence-electron chi connectivity index (χ3n) is 4.27. The molecular weight excluding hydrogens is 302 g/mol. The van der Waals surface area contributed by atoms with Gasteiger partial charge in [0.2, 0.25) is 5.88 Å². The van der Waals surface area contributed by atoms with Crippen LogP contribution < -0.4 is 10.3 Å². The van der Waals surface area contributed by atoms with E-state index in [1.54, 1.807) is 18.7 Å². The Balaban J connectivity index is 2.07. The fourth-order valence-electron chi connectivity index (χ4n) is 3.03. The van der Waals surface area contributed by atoms with Crippen LogP contribution in [0.2, 0.25) is 0 Å². The van der Waals surface area contributed by atoms with Gasteiger partial charge in [-0.05, 0) is 24.0 Å². The lowest BCUT2D eigenvalue weighted by Gasteiger charge is -2.15. The van der Waals surface area contributed by atoms with E-state index < -0.39 is 0 Å². The number of fused-ring (bicyclic) bond motifs is 1. The molecule has 126 valence electrons. The maximum Gasteiger partial charge on any atom is 0.272 e. The van der Waals surface area contributed by atoms with Gasteiger partial charge in [0.1, 0.15) is 5.69 Å². The van der Waals surface area contributed by atoms with E-state index in [1.807, 2.05) is 24.4 Å². The Kier molecular flexibility index (Phi) is 4.42. The third-order valence-corrected chi connectivity index (χ3v) is 4.27. The average Bonchev–Trinajstić information content (AvgIpc) is 2.97. The summed E-state index contributed by atoms with van der Waals surface area (Å²) in [5.41, 5.74) is 3.52.